The van der Waals surface area contributed by atoms with Crippen molar-refractivity contribution in [3.05, 3.63) is 0 Å². The Kier molecular flexibility index (Phi) is 1.49. The summed E-state index contributed by atoms with van der Waals surface area (Å²) >= 11 is 0. The van der Waals surface area contributed by atoms with Crippen LogP contribution >= 0.6 is 0 Å². The van der Waals surface area contributed by atoms with Gasteiger partial charge in [0.25, 0.3) is 0 Å². The van der Waals surface area contributed by atoms with E-state index in [9.17, 15) is 0 Å². The lowest BCUT2D eigenvalue weighted by atomic mass is 9.49. The smallest absolute Gasteiger partial charge is 0.0215 e. The molecule has 0 bridgehead atoms. The summed E-state index contributed by atoms with van der Waals surface area (Å²) in [5.41, 5.74) is 1.34. The Morgan fingerprint density at radius 1 is 1.00 bits per heavy atom. The second-order valence-electron chi connectivity index (χ2n) is 5.50. The van der Waals surface area contributed by atoms with E-state index in [1.807, 2.05) is 0 Å². The Bertz CT molecular complexity index is 198. The summed E-state index contributed by atoms with van der Waals surface area (Å²) in [6.45, 7) is 12.2. The van der Waals surface area contributed by atoms with Gasteiger partial charge in [-0.2, -0.15) is 0 Å². The SMILES string of the molecule is CCC1(CC)C2C(C)C2C1(C)C. The van der Waals surface area contributed by atoms with Gasteiger partial charge in [0.2, 0.25) is 0 Å². The van der Waals surface area contributed by atoms with Gasteiger partial charge in [-0.15, -0.1) is 0 Å². The van der Waals surface area contributed by atoms with Crippen molar-refractivity contribution >= 4 is 0 Å². The van der Waals surface area contributed by atoms with Crippen LogP contribution in [0, 0.1) is 28.6 Å². The van der Waals surface area contributed by atoms with Crippen LogP contribution in [0.2, 0.25) is 0 Å². The summed E-state index contributed by atoms with van der Waals surface area (Å²) in [5.74, 6) is 3.18. The second kappa shape index (κ2) is 2.08. The monoisotopic (exact) mass is 166 g/mol. The Balaban J connectivity index is 2.27. The Labute approximate surface area is 76.7 Å². The number of rotatable bonds is 2. The highest BCUT2D eigenvalue weighted by Crippen LogP contribution is 2.82. The topological polar surface area (TPSA) is 0 Å². The molecular formula is C12H22. The molecule has 0 heterocycles. The van der Waals surface area contributed by atoms with E-state index >= 15 is 0 Å². The number of hydrogen-bond donors (Lipinski definition) is 0. The molecule has 2 rings (SSSR count). The van der Waals surface area contributed by atoms with E-state index in [2.05, 4.69) is 34.6 Å². The van der Waals surface area contributed by atoms with Crippen LogP contribution in [0.4, 0.5) is 0 Å². The average molecular weight is 166 g/mol. The van der Waals surface area contributed by atoms with Crippen LogP contribution in [-0.4, -0.2) is 0 Å². The molecule has 70 valence electrons. The molecule has 0 aromatic carbocycles. The Hall–Kier alpha value is 0. The molecule has 2 aliphatic rings. The van der Waals surface area contributed by atoms with Crippen molar-refractivity contribution in [1.82, 2.24) is 0 Å². The van der Waals surface area contributed by atoms with E-state index in [-0.39, 0.29) is 0 Å². The van der Waals surface area contributed by atoms with Gasteiger partial charge in [-0.3, -0.25) is 0 Å². The van der Waals surface area contributed by atoms with Crippen molar-refractivity contribution in [3.8, 4) is 0 Å². The van der Waals surface area contributed by atoms with Gasteiger partial charge in [-0.05, 0) is 41.4 Å². The molecule has 0 saturated heterocycles. The van der Waals surface area contributed by atoms with Crippen molar-refractivity contribution in [2.24, 2.45) is 28.6 Å². The highest BCUT2D eigenvalue weighted by atomic mass is 14.8. The number of hydrogen-bond acceptors (Lipinski definition) is 0. The van der Waals surface area contributed by atoms with Crippen molar-refractivity contribution in [2.75, 3.05) is 0 Å². The maximum Gasteiger partial charge on any atom is -0.0215 e. The summed E-state index contributed by atoms with van der Waals surface area (Å²) in [7, 11) is 0. The van der Waals surface area contributed by atoms with Gasteiger partial charge in [0.05, 0.1) is 0 Å². The fourth-order valence-electron chi connectivity index (χ4n) is 4.71. The minimum atomic E-state index is 0.639. The Morgan fingerprint density at radius 2 is 1.50 bits per heavy atom. The van der Waals surface area contributed by atoms with E-state index in [1.54, 1.807) is 0 Å². The van der Waals surface area contributed by atoms with Crippen LogP contribution in [0.3, 0.4) is 0 Å². The molecule has 0 radical (unpaired) electrons. The maximum absolute atomic E-state index is 2.49. The first kappa shape index (κ1) is 8.59. The molecule has 0 nitrogen and oxygen atoms in total. The molecule has 0 aliphatic heterocycles. The third-order valence-corrected chi connectivity index (χ3v) is 5.40. The Morgan fingerprint density at radius 3 is 1.67 bits per heavy atom. The zero-order valence-corrected chi connectivity index (χ0v) is 9.15. The van der Waals surface area contributed by atoms with Crippen LogP contribution in [0.1, 0.15) is 47.5 Å². The molecule has 0 heteroatoms. The van der Waals surface area contributed by atoms with Gasteiger partial charge in [0.1, 0.15) is 0 Å². The standard InChI is InChI=1S/C12H22/c1-6-12(7-2)10-8(3)9(10)11(12,4)5/h8-10H,6-7H2,1-5H3. The van der Waals surface area contributed by atoms with E-state index in [1.165, 1.54) is 12.8 Å². The molecule has 0 aromatic rings. The maximum atomic E-state index is 2.49. The fourth-order valence-corrected chi connectivity index (χ4v) is 4.71. The van der Waals surface area contributed by atoms with Crippen LogP contribution in [0.5, 0.6) is 0 Å². The minimum Gasteiger partial charge on any atom is -0.0648 e. The highest BCUT2D eigenvalue weighted by Gasteiger charge is 2.77. The average Bonchev–Trinajstić information content (AvgIpc) is 2.63. The van der Waals surface area contributed by atoms with Gasteiger partial charge in [-0.25, -0.2) is 0 Å². The molecular weight excluding hydrogens is 144 g/mol. The van der Waals surface area contributed by atoms with Crippen molar-refractivity contribution < 1.29 is 0 Å². The third kappa shape index (κ3) is 0.592. The molecule has 3 unspecified atom stereocenters. The first-order valence-corrected chi connectivity index (χ1v) is 5.53. The molecule has 3 atom stereocenters. The van der Waals surface area contributed by atoms with E-state index in [4.69, 9.17) is 0 Å². The highest BCUT2D eigenvalue weighted by molar-refractivity contribution is 5.24. The van der Waals surface area contributed by atoms with Gasteiger partial charge >= 0.3 is 0 Å². The van der Waals surface area contributed by atoms with E-state index in [0.717, 1.165) is 17.8 Å². The fraction of sp³-hybridized carbons (Fsp3) is 1.00. The molecule has 2 saturated carbocycles. The first-order chi connectivity index (χ1) is 5.53. The summed E-state index contributed by atoms with van der Waals surface area (Å²) in [6.07, 6.45) is 2.78. The van der Waals surface area contributed by atoms with Crippen LogP contribution in [0.15, 0.2) is 0 Å². The summed E-state index contributed by atoms with van der Waals surface area (Å²) < 4.78 is 0. The summed E-state index contributed by atoms with van der Waals surface area (Å²) in [5, 5.41) is 0. The van der Waals surface area contributed by atoms with Gasteiger partial charge in [0, 0.05) is 0 Å². The summed E-state index contributed by atoms with van der Waals surface area (Å²) in [6, 6.07) is 0. The molecule has 0 amide bonds. The molecule has 12 heavy (non-hydrogen) atoms. The van der Waals surface area contributed by atoms with E-state index in [0.29, 0.717) is 10.8 Å². The van der Waals surface area contributed by atoms with Crippen LogP contribution in [0.25, 0.3) is 0 Å². The van der Waals surface area contributed by atoms with Crippen LogP contribution in [-0.2, 0) is 0 Å². The quantitative estimate of drug-likeness (QED) is 0.586. The zero-order valence-electron chi connectivity index (χ0n) is 9.15. The predicted octanol–water partition coefficient (Wildman–Crippen LogP) is 3.71. The van der Waals surface area contributed by atoms with Crippen molar-refractivity contribution in [1.29, 1.82) is 0 Å². The van der Waals surface area contributed by atoms with Gasteiger partial charge in [0.15, 0.2) is 0 Å². The molecule has 0 spiro atoms. The predicted molar refractivity (Wildman–Crippen MR) is 52.9 cm³/mol. The first-order valence-electron chi connectivity index (χ1n) is 5.53. The largest absolute Gasteiger partial charge is 0.0648 e. The minimum absolute atomic E-state index is 0.639. The zero-order chi connectivity index (χ0) is 9.15. The van der Waals surface area contributed by atoms with Gasteiger partial charge < -0.3 is 0 Å². The molecule has 0 N–H and O–H groups in total. The van der Waals surface area contributed by atoms with Gasteiger partial charge in [-0.1, -0.05) is 34.6 Å². The van der Waals surface area contributed by atoms with E-state index < -0.39 is 0 Å². The second-order valence-corrected chi connectivity index (χ2v) is 5.50. The van der Waals surface area contributed by atoms with Crippen molar-refractivity contribution in [3.63, 3.8) is 0 Å². The number of fused-ring (bicyclic) bond motifs is 1. The molecule has 2 fully saturated rings. The summed E-state index contributed by atoms with van der Waals surface area (Å²) in [4.78, 5) is 0. The third-order valence-electron chi connectivity index (χ3n) is 5.40. The lowest BCUT2D eigenvalue weighted by Gasteiger charge is -2.55. The lowest BCUT2D eigenvalue weighted by Crippen LogP contribution is -2.49. The normalized spacial score (nSPS) is 46.2. The van der Waals surface area contributed by atoms with Crippen LogP contribution < -0.4 is 0 Å². The van der Waals surface area contributed by atoms with Crippen molar-refractivity contribution in [2.45, 2.75) is 47.5 Å². The molecule has 2 aliphatic carbocycles. The lowest BCUT2D eigenvalue weighted by molar-refractivity contribution is -0.0744. The molecule has 0 aromatic heterocycles.